The van der Waals surface area contributed by atoms with Crippen molar-refractivity contribution >= 4 is 28.1 Å². The van der Waals surface area contributed by atoms with Gasteiger partial charge in [0.05, 0.1) is 0 Å². The van der Waals surface area contributed by atoms with Gasteiger partial charge >= 0.3 is 0 Å². The van der Waals surface area contributed by atoms with Gasteiger partial charge in [-0.05, 0) is 18.8 Å². The molecule has 0 fully saturated rings. The van der Waals surface area contributed by atoms with E-state index in [1.54, 1.807) is 5.51 Å². The number of halogens is 1. The Hall–Kier alpha value is -0.350. The quantitative estimate of drug-likeness (QED) is 0.591. The summed E-state index contributed by atoms with van der Waals surface area (Å²) < 4.78 is 0. The van der Waals surface area contributed by atoms with Crippen molar-refractivity contribution in [3.8, 4) is 0 Å². The first kappa shape index (κ1) is 10.7. The lowest BCUT2D eigenvalue weighted by molar-refractivity contribution is 0.572. The van der Waals surface area contributed by atoms with Gasteiger partial charge in [0.1, 0.15) is 5.51 Å². The molecule has 5 heteroatoms. The zero-order valence-corrected chi connectivity index (χ0v) is 9.24. The number of anilines is 1. The molecule has 1 atom stereocenters. The van der Waals surface area contributed by atoms with Crippen LogP contribution in [-0.2, 0) is 0 Å². The van der Waals surface area contributed by atoms with E-state index in [1.807, 2.05) is 0 Å². The summed E-state index contributed by atoms with van der Waals surface area (Å²) in [7, 11) is 0. The van der Waals surface area contributed by atoms with Gasteiger partial charge in [-0.3, -0.25) is 0 Å². The molecule has 74 valence electrons. The Bertz CT molecular complexity index is 215. The molecule has 3 nitrogen and oxygen atoms in total. The van der Waals surface area contributed by atoms with E-state index in [0.717, 1.165) is 30.4 Å². The highest BCUT2D eigenvalue weighted by Crippen LogP contribution is 2.10. The molecule has 0 amide bonds. The van der Waals surface area contributed by atoms with Crippen molar-refractivity contribution in [3.05, 3.63) is 5.51 Å². The molecule has 1 N–H and O–H groups in total. The molecule has 1 aromatic rings. The van der Waals surface area contributed by atoms with E-state index in [-0.39, 0.29) is 0 Å². The zero-order chi connectivity index (χ0) is 9.52. The van der Waals surface area contributed by atoms with E-state index < -0.39 is 0 Å². The van der Waals surface area contributed by atoms with Crippen LogP contribution in [0.5, 0.6) is 0 Å². The van der Waals surface area contributed by atoms with Gasteiger partial charge in [0.15, 0.2) is 0 Å². The lowest BCUT2D eigenvalue weighted by atomic mass is 10.1. The third-order valence-electron chi connectivity index (χ3n) is 1.77. The SMILES string of the molecule is CC(CCl)CCCNc1nncs1. The number of hydrogen-bond donors (Lipinski definition) is 1. The van der Waals surface area contributed by atoms with Crippen LogP contribution in [0.2, 0.25) is 0 Å². The Kier molecular flexibility index (Phi) is 5.08. The lowest BCUT2D eigenvalue weighted by Gasteiger charge is -2.06. The lowest BCUT2D eigenvalue weighted by Crippen LogP contribution is -2.04. The fourth-order valence-electron chi connectivity index (χ4n) is 0.973. The highest BCUT2D eigenvalue weighted by Gasteiger charge is 1.99. The average Bonchev–Trinajstić information content (AvgIpc) is 2.64. The van der Waals surface area contributed by atoms with Crippen molar-refractivity contribution in [2.24, 2.45) is 5.92 Å². The number of hydrogen-bond acceptors (Lipinski definition) is 4. The summed E-state index contributed by atoms with van der Waals surface area (Å²) in [5, 5.41) is 11.7. The minimum Gasteiger partial charge on any atom is -0.360 e. The topological polar surface area (TPSA) is 37.8 Å². The molecule has 0 bridgehead atoms. The zero-order valence-electron chi connectivity index (χ0n) is 7.66. The van der Waals surface area contributed by atoms with Crippen molar-refractivity contribution in [1.82, 2.24) is 10.2 Å². The predicted octanol–water partition coefficient (Wildman–Crippen LogP) is 2.61. The van der Waals surface area contributed by atoms with Crippen LogP contribution in [0.4, 0.5) is 5.13 Å². The molecule has 0 spiro atoms. The van der Waals surface area contributed by atoms with Gasteiger partial charge in [0.25, 0.3) is 0 Å². The normalized spacial score (nSPS) is 12.8. The molecule has 1 unspecified atom stereocenters. The van der Waals surface area contributed by atoms with Crippen LogP contribution >= 0.6 is 22.9 Å². The summed E-state index contributed by atoms with van der Waals surface area (Å²) in [6, 6.07) is 0. The minimum atomic E-state index is 0.609. The summed E-state index contributed by atoms with van der Waals surface area (Å²) in [6.45, 7) is 3.12. The maximum atomic E-state index is 5.69. The Morgan fingerprint density at radius 1 is 1.69 bits per heavy atom. The molecule has 0 aliphatic rings. The van der Waals surface area contributed by atoms with E-state index in [0.29, 0.717) is 5.92 Å². The Morgan fingerprint density at radius 2 is 2.54 bits per heavy atom. The van der Waals surface area contributed by atoms with Gasteiger partial charge < -0.3 is 5.32 Å². The highest BCUT2D eigenvalue weighted by molar-refractivity contribution is 7.13. The van der Waals surface area contributed by atoms with E-state index in [4.69, 9.17) is 11.6 Å². The minimum absolute atomic E-state index is 0.609. The summed E-state index contributed by atoms with van der Waals surface area (Å²) >= 11 is 7.22. The molecule has 0 aliphatic heterocycles. The largest absolute Gasteiger partial charge is 0.360 e. The van der Waals surface area contributed by atoms with E-state index in [1.165, 1.54) is 11.3 Å². The fourth-order valence-corrected chi connectivity index (χ4v) is 1.60. The Morgan fingerprint density at radius 3 is 3.15 bits per heavy atom. The molecule has 0 radical (unpaired) electrons. The van der Waals surface area contributed by atoms with Gasteiger partial charge in [-0.15, -0.1) is 21.8 Å². The third kappa shape index (κ3) is 4.43. The number of nitrogens with zero attached hydrogens (tertiary/aromatic N) is 2. The first-order valence-electron chi connectivity index (χ1n) is 4.39. The second-order valence-electron chi connectivity index (χ2n) is 3.07. The monoisotopic (exact) mass is 219 g/mol. The molecule has 1 heterocycles. The first-order chi connectivity index (χ1) is 6.33. The van der Waals surface area contributed by atoms with Gasteiger partial charge in [-0.2, -0.15) is 0 Å². The van der Waals surface area contributed by atoms with E-state index >= 15 is 0 Å². The Balaban J connectivity index is 2.02. The summed E-state index contributed by atoms with van der Waals surface area (Å²) in [5.74, 6) is 1.36. The van der Waals surface area contributed by atoms with Crippen molar-refractivity contribution in [1.29, 1.82) is 0 Å². The van der Waals surface area contributed by atoms with Gasteiger partial charge in [-0.1, -0.05) is 18.3 Å². The average molecular weight is 220 g/mol. The van der Waals surface area contributed by atoms with Gasteiger partial charge in [0, 0.05) is 12.4 Å². The summed E-state index contributed by atoms with van der Waals surface area (Å²) in [4.78, 5) is 0. The molecule has 1 rings (SSSR count). The van der Waals surface area contributed by atoms with Crippen LogP contribution in [0.1, 0.15) is 19.8 Å². The van der Waals surface area contributed by atoms with Crippen LogP contribution in [0.25, 0.3) is 0 Å². The van der Waals surface area contributed by atoms with Crippen molar-refractivity contribution in [2.45, 2.75) is 19.8 Å². The molecular weight excluding hydrogens is 206 g/mol. The second-order valence-corrected chi connectivity index (χ2v) is 4.21. The molecule has 0 saturated heterocycles. The van der Waals surface area contributed by atoms with E-state index in [9.17, 15) is 0 Å². The predicted molar refractivity (Wildman–Crippen MR) is 57.5 cm³/mol. The van der Waals surface area contributed by atoms with Crippen LogP contribution in [0.15, 0.2) is 5.51 Å². The summed E-state index contributed by atoms with van der Waals surface area (Å²) in [6.07, 6.45) is 2.29. The molecule has 0 saturated carbocycles. The second kappa shape index (κ2) is 6.16. The number of alkyl halides is 1. The number of aromatic nitrogens is 2. The molecule has 0 aliphatic carbocycles. The Labute approximate surface area is 87.5 Å². The third-order valence-corrected chi connectivity index (χ3v) is 2.95. The fraction of sp³-hybridized carbons (Fsp3) is 0.750. The van der Waals surface area contributed by atoms with Crippen LogP contribution < -0.4 is 5.32 Å². The summed E-state index contributed by atoms with van der Waals surface area (Å²) in [5.41, 5.74) is 1.73. The molecule has 0 aromatic carbocycles. The number of nitrogens with one attached hydrogen (secondary N) is 1. The number of rotatable bonds is 6. The van der Waals surface area contributed by atoms with E-state index in [2.05, 4.69) is 22.4 Å². The molecular formula is C8H14ClN3S. The molecule has 13 heavy (non-hydrogen) atoms. The van der Waals surface area contributed by atoms with Crippen LogP contribution in [0, 0.1) is 5.92 Å². The highest BCUT2D eigenvalue weighted by atomic mass is 35.5. The van der Waals surface area contributed by atoms with Crippen molar-refractivity contribution in [2.75, 3.05) is 17.7 Å². The molecule has 1 aromatic heterocycles. The van der Waals surface area contributed by atoms with Gasteiger partial charge in [0.2, 0.25) is 5.13 Å². The standard InChI is InChI=1S/C8H14ClN3S/c1-7(5-9)3-2-4-10-8-12-11-6-13-8/h6-7H,2-5H2,1H3,(H,10,12). The van der Waals surface area contributed by atoms with Crippen molar-refractivity contribution < 1.29 is 0 Å². The van der Waals surface area contributed by atoms with Crippen molar-refractivity contribution in [3.63, 3.8) is 0 Å². The first-order valence-corrected chi connectivity index (χ1v) is 5.80. The maximum absolute atomic E-state index is 5.69. The van der Waals surface area contributed by atoms with Crippen LogP contribution in [0.3, 0.4) is 0 Å². The smallest absolute Gasteiger partial charge is 0.205 e. The van der Waals surface area contributed by atoms with Crippen LogP contribution in [-0.4, -0.2) is 22.6 Å². The van der Waals surface area contributed by atoms with Gasteiger partial charge in [-0.25, -0.2) is 0 Å². The maximum Gasteiger partial charge on any atom is 0.205 e.